The van der Waals surface area contributed by atoms with Gasteiger partial charge in [-0.15, -0.1) is 10.2 Å². The third-order valence-corrected chi connectivity index (χ3v) is 8.00. The summed E-state index contributed by atoms with van der Waals surface area (Å²) in [7, 11) is 0. The van der Waals surface area contributed by atoms with Crippen molar-refractivity contribution in [1.82, 2.24) is 20.1 Å². The molecule has 0 atom stereocenters. The van der Waals surface area contributed by atoms with Crippen LogP contribution < -0.4 is 11.1 Å². The number of primary amides is 1. The zero-order valence-corrected chi connectivity index (χ0v) is 19.5. The summed E-state index contributed by atoms with van der Waals surface area (Å²) in [6.45, 7) is 6.09. The molecule has 2 aliphatic rings. The number of rotatable bonds is 7. The van der Waals surface area contributed by atoms with Gasteiger partial charge in [-0.2, -0.15) is 0 Å². The first kappa shape index (κ1) is 22.9. The molecule has 0 unspecified atom stereocenters. The lowest BCUT2D eigenvalue weighted by molar-refractivity contribution is -0.885. The van der Waals surface area contributed by atoms with Crippen LogP contribution >= 0.6 is 11.8 Å². The van der Waals surface area contributed by atoms with E-state index in [1.165, 1.54) is 11.8 Å². The Bertz CT molecular complexity index is 933. The standard InChI is InChI=1S/C23H32N6O2S/c1-2-28-22(18-6-4-3-5-7-18)26-27-23(28)32-16-20(30)29(19-8-12-25-13-9-19)14-10-17(11-15-29)21(24)31/h3-7,17,19,25H,2,8-16H2,1H3,(H-,24,31)/p+1. The van der Waals surface area contributed by atoms with Gasteiger partial charge in [-0.1, -0.05) is 42.1 Å². The molecule has 3 heterocycles. The first-order valence-corrected chi connectivity index (χ1v) is 12.6. The van der Waals surface area contributed by atoms with Crippen LogP contribution in [0.3, 0.4) is 0 Å². The zero-order chi connectivity index (χ0) is 22.6. The van der Waals surface area contributed by atoms with Crippen LogP contribution in [0, 0.1) is 5.92 Å². The summed E-state index contributed by atoms with van der Waals surface area (Å²) in [5, 5.41) is 13.0. The fourth-order valence-corrected chi connectivity index (χ4v) is 6.15. The lowest BCUT2D eigenvalue weighted by atomic mass is 9.90. The molecule has 3 N–H and O–H groups in total. The molecule has 172 valence electrons. The van der Waals surface area contributed by atoms with Crippen LogP contribution in [0.1, 0.15) is 32.6 Å². The van der Waals surface area contributed by atoms with E-state index in [9.17, 15) is 9.59 Å². The van der Waals surface area contributed by atoms with Crippen molar-refractivity contribution in [1.29, 1.82) is 0 Å². The van der Waals surface area contributed by atoms with Crippen LogP contribution in [0.4, 0.5) is 0 Å². The van der Waals surface area contributed by atoms with Crippen LogP contribution in [0.25, 0.3) is 11.4 Å². The normalized spacial score (nSPS) is 24.3. The second-order valence-electron chi connectivity index (χ2n) is 8.74. The third-order valence-electron chi connectivity index (χ3n) is 7.05. The maximum atomic E-state index is 13.7. The molecule has 1 aromatic carbocycles. The lowest BCUT2D eigenvalue weighted by Gasteiger charge is -2.47. The topological polar surface area (TPSA) is 103 Å². The van der Waals surface area contributed by atoms with E-state index in [1.807, 2.05) is 30.3 Å². The summed E-state index contributed by atoms with van der Waals surface area (Å²) < 4.78 is 2.55. The lowest BCUT2D eigenvalue weighted by Crippen LogP contribution is -2.65. The molecule has 0 aliphatic carbocycles. The number of nitrogens with one attached hydrogen (secondary N) is 1. The fraction of sp³-hybridized carbons (Fsp3) is 0.565. The van der Waals surface area contributed by atoms with Gasteiger partial charge < -0.3 is 15.6 Å². The number of aromatic nitrogens is 3. The highest BCUT2D eigenvalue weighted by Gasteiger charge is 2.47. The molecule has 2 aromatic rings. The molecule has 4 rings (SSSR count). The second-order valence-corrected chi connectivity index (χ2v) is 9.68. The summed E-state index contributed by atoms with van der Waals surface area (Å²) in [6, 6.07) is 10.3. The van der Waals surface area contributed by atoms with Crippen molar-refractivity contribution in [2.75, 3.05) is 31.9 Å². The van der Waals surface area contributed by atoms with Gasteiger partial charge in [-0.3, -0.25) is 9.28 Å². The molecule has 2 aliphatic heterocycles. The third kappa shape index (κ3) is 4.60. The number of carbonyl (C=O) groups excluding carboxylic acids is 2. The molecule has 0 saturated carbocycles. The molecule has 2 fully saturated rings. The minimum Gasteiger partial charge on any atom is -0.369 e. The molecule has 9 heteroatoms. The highest BCUT2D eigenvalue weighted by atomic mass is 32.2. The highest BCUT2D eigenvalue weighted by Crippen LogP contribution is 2.33. The smallest absolute Gasteiger partial charge is 0.324 e. The highest BCUT2D eigenvalue weighted by molar-refractivity contribution is 7.99. The molecule has 1 aromatic heterocycles. The van der Waals surface area contributed by atoms with Crippen molar-refractivity contribution < 1.29 is 14.1 Å². The van der Waals surface area contributed by atoms with E-state index >= 15 is 0 Å². The Kier molecular flexibility index (Phi) is 7.27. The van der Waals surface area contributed by atoms with Crippen LogP contribution in [-0.4, -0.2) is 69.0 Å². The van der Waals surface area contributed by atoms with E-state index in [0.717, 1.165) is 49.0 Å². The van der Waals surface area contributed by atoms with Crippen LogP contribution in [0.5, 0.6) is 0 Å². The Balaban J connectivity index is 1.51. The Hall–Kier alpha value is -2.23. The largest absolute Gasteiger partial charge is 0.369 e. The second kappa shape index (κ2) is 10.1. The van der Waals surface area contributed by atoms with Crippen LogP contribution in [-0.2, 0) is 16.1 Å². The van der Waals surface area contributed by atoms with E-state index in [1.54, 1.807) is 0 Å². The zero-order valence-electron chi connectivity index (χ0n) is 18.7. The summed E-state index contributed by atoms with van der Waals surface area (Å²) >= 11 is 1.48. The minimum absolute atomic E-state index is 0.111. The number of amides is 2. The number of thioether (sulfide) groups is 1. The number of nitrogens with zero attached hydrogens (tertiary/aromatic N) is 4. The van der Waals surface area contributed by atoms with Gasteiger partial charge in [-0.25, -0.2) is 4.79 Å². The molecule has 2 saturated heterocycles. The van der Waals surface area contributed by atoms with Gasteiger partial charge in [0.2, 0.25) is 5.91 Å². The van der Waals surface area contributed by atoms with Gasteiger partial charge in [0.1, 0.15) is 5.75 Å². The molecule has 32 heavy (non-hydrogen) atoms. The summed E-state index contributed by atoms with van der Waals surface area (Å²) in [5.74, 6) is 1.07. The number of nitrogens with two attached hydrogens (primary N) is 1. The number of benzene rings is 1. The minimum atomic E-state index is -0.237. The maximum absolute atomic E-state index is 13.7. The quantitative estimate of drug-likeness (QED) is 0.487. The summed E-state index contributed by atoms with van der Waals surface area (Å²) in [5.41, 5.74) is 6.58. The SMILES string of the molecule is CCn1c(SCC(=O)[N+]2(C3CCNCC3)CCC(C(N)=O)CC2)nnc1-c1ccccc1. The number of hydrogen-bond acceptors (Lipinski definition) is 6. The predicted molar refractivity (Wildman–Crippen MR) is 125 cm³/mol. The van der Waals surface area contributed by atoms with Gasteiger partial charge in [0.15, 0.2) is 11.0 Å². The van der Waals surface area contributed by atoms with Crippen LogP contribution in [0.15, 0.2) is 35.5 Å². The van der Waals surface area contributed by atoms with Crippen molar-refractivity contribution in [3.63, 3.8) is 0 Å². The van der Waals surface area contributed by atoms with Crippen molar-refractivity contribution in [3.8, 4) is 11.4 Å². The van der Waals surface area contributed by atoms with Gasteiger partial charge in [0.05, 0.1) is 19.1 Å². The Morgan fingerprint density at radius 1 is 1.12 bits per heavy atom. The Morgan fingerprint density at radius 3 is 2.44 bits per heavy atom. The molecule has 8 nitrogen and oxygen atoms in total. The van der Waals surface area contributed by atoms with E-state index in [4.69, 9.17) is 5.73 Å². The van der Waals surface area contributed by atoms with E-state index in [-0.39, 0.29) is 17.7 Å². The first-order chi connectivity index (χ1) is 15.5. The molecule has 0 radical (unpaired) electrons. The molecule has 2 amide bonds. The van der Waals surface area contributed by atoms with Crippen LogP contribution in [0.2, 0.25) is 0 Å². The van der Waals surface area contributed by atoms with E-state index in [0.29, 0.717) is 42.2 Å². The molecular formula is C23H33N6O2S+. The molecule has 0 bridgehead atoms. The Labute approximate surface area is 193 Å². The van der Waals surface area contributed by atoms with Gasteiger partial charge in [0.25, 0.3) is 0 Å². The van der Waals surface area contributed by atoms with E-state index in [2.05, 4.69) is 27.0 Å². The number of carbonyl (C=O) groups is 2. The van der Waals surface area contributed by atoms with Crippen molar-refractivity contribution in [2.24, 2.45) is 11.7 Å². The average Bonchev–Trinajstić information content (AvgIpc) is 3.26. The van der Waals surface area contributed by atoms with Gasteiger partial charge in [0, 0.05) is 56.8 Å². The number of hydrogen-bond donors (Lipinski definition) is 2. The number of likely N-dealkylation sites (tertiary alicyclic amines) is 1. The summed E-state index contributed by atoms with van der Waals surface area (Å²) in [4.78, 5) is 25.4. The number of piperidine rings is 2. The molecule has 0 spiro atoms. The maximum Gasteiger partial charge on any atom is 0.324 e. The Morgan fingerprint density at radius 2 is 1.81 bits per heavy atom. The average molecular weight is 458 g/mol. The fourth-order valence-electron chi connectivity index (χ4n) is 5.17. The van der Waals surface area contributed by atoms with E-state index < -0.39 is 0 Å². The predicted octanol–water partition coefficient (Wildman–Crippen LogP) is 2.05. The first-order valence-electron chi connectivity index (χ1n) is 11.6. The van der Waals surface area contributed by atoms with Crippen molar-refractivity contribution in [3.05, 3.63) is 30.3 Å². The number of quaternary nitrogens is 1. The molecular weight excluding hydrogens is 424 g/mol. The monoisotopic (exact) mass is 457 g/mol. The van der Waals surface area contributed by atoms with Crippen molar-refractivity contribution >= 4 is 23.6 Å². The summed E-state index contributed by atoms with van der Waals surface area (Å²) in [6.07, 6.45) is 3.36. The van der Waals surface area contributed by atoms with Gasteiger partial charge >= 0.3 is 5.91 Å². The van der Waals surface area contributed by atoms with Crippen molar-refractivity contribution in [2.45, 2.75) is 50.4 Å². The van der Waals surface area contributed by atoms with Gasteiger partial charge in [-0.05, 0) is 6.92 Å².